The molecule has 0 radical (unpaired) electrons. The van der Waals surface area contributed by atoms with E-state index in [4.69, 9.17) is 33.7 Å². The summed E-state index contributed by atoms with van der Waals surface area (Å²) >= 11 is 11.6. The van der Waals surface area contributed by atoms with Crippen molar-refractivity contribution in [3.8, 4) is 5.75 Å². The quantitative estimate of drug-likeness (QED) is 0.790. The molecule has 1 aromatic carbocycles. The topological polar surface area (TPSA) is 64.4 Å². The van der Waals surface area contributed by atoms with E-state index < -0.39 is 0 Å². The van der Waals surface area contributed by atoms with Gasteiger partial charge in [-0.05, 0) is 18.2 Å². The van der Waals surface area contributed by atoms with Crippen molar-refractivity contribution < 1.29 is 9.53 Å². The zero-order valence-corrected chi connectivity index (χ0v) is 10.0. The van der Waals surface area contributed by atoms with Gasteiger partial charge >= 0.3 is 0 Å². The van der Waals surface area contributed by atoms with Crippen LogP contribution in [0, 0.1) is 0 Å². The Bertz CT molecular complexity index is 372. The molecule has 0 aliphatic rings. The molecular weight excluding hydrogens is 251 g/mol. The predicted molar refractivity (Wildman–Crippen MR) is 64.0 cm³/mol. The Balaban J connectivity index is 2.35. The van der Waals surface area contributed by atoms with Crippen LogP contribution in [0.2, 0.25) is 10.0 Å². The number of rotatable bonds is 5. The molecule has 1 aromatic rings. The van der Waals surface area contributed by atoms with Gasteiger partial charge < -0.3 is 15.8 Å². The lowest BCUT2D eigenvalue weighted by atomic mass is 10.3. The standard InChI is InChI=1S/C10H12Cl2N2O2/c11-7-1-2-9(8(12)5-7)16-4-3-14-10(15)6-13/h1-2,5H,3-4,6,13H2,(H,14,15). The average molecular weight is 263 g/mol. The van der Waals surface area contributed by atoms with Crippen LogP contribution in [0.5, 0.6) is 5.75 Å². The first-order chi connectivity index (χ1) is 7.63. The number of nitrogens with one attached hydrogen (secondary N) is 1. The molecule has 0 unspecified atom stereocenters. The smallest absolute Gasteiger partial charge is 0.233 e. The highest BCUT2D eigenvalue weighted by atomic mass is 35.5. The number of carbonyl (C=O) groups excluding carboxylic acids is 1. The van der Waals surface area contributed by atoms with E-state index in [0.29, 0.717) is 28.9 Å². The van der Waals surface area contributed by atoms with Gasteiger partial charge in [0.1, 0.15) is 12.4 Å². The van der Waals surface area contributed by atoms with Crippen molar-refractivity contribution in [1.29, 1.82) is 0 Å². The molecule has 0 aliphatic carbocycles. The summed E-state index contributed by atoms with van der Waals surface area (Å²) in [4.78, 5) is 10.8. The zero-order valence-electron chi connectivity index (χ0n) is 8.50. The number of amides is 1. The summed E-state index contributed by atoms with van der Waals surface area (Å²) in [5, 5.41) is 3.57. The van der Waals surface area contributed by atoms with Crippen molar-refractivity contribution in [2.75, 3.05) is 19.7 Å². The molecule has 88 valence electrons. The minimum absolute atomic E-state index is 0.0261. The summed E-state index contributed by atoms with van der Waals surface area (Å²) in [7, 11) is 0. The molecule has 0 saturated heterocycles. The van der Waals surface area contributed by atoms with Crippen molar-refractivity contribution in [2.45, 2.75) is 0 Å². The third-order valence-corrected chi connectivity index (χ3v) is 2.29. The molecule has 0 aliphatic heterocycles. The van der Waals surface area contributed by atoms with E-state index in [1.165, 1.54) is 0 Å². The second kappa shape index (κ2) is 6.58. The maximum Gasteiger partial charge on any atom is 0.233 e. The predicted octanol–water partition coefficient (Wildman–Crippen LogP) is 1.45. The molecule has 3 N–H and O–H groups in total. The van der Waals surface area contributed by atoms with Crippen LogP contribution in [-0.2, 0) is 4.79 Å². The van der Waals surface area contributed by atoms with Crippen LogP contribution in [0.1, 0.15) is 0 Å². The summed E-state index contributed by atoms with van der Waals surface area (Å²) in [6.07, 6.45) is 0. The molecule has 0 aromatic heterocycles. The number of nitrogens with two attached hydrogens (primary N) is 1. The molecule has 0 atom stereocenters. The Morgan fingerprint density at radius 3 is 2.81 bits per heavy atom. The van der Waals surface area contributed by atoms with Crippen molar-refractivity contribution in [2.24, 2.45) is 5.73 Å². The van der Waals surface area contributed by atoms with Crippen LogP contribution >= 0.6 is 23.2 Å². The Kier molecular flexibility index (Phi) is 5.38. The third kappa shape index (κ3) is 4.26. The van der Waals surface area contributed by atoms with Gasteiger partial charge in [0, 0.05) is 5.02 Å². The highest BCUT2D eigenvalue weighted by Gasteiger charge is 2.02. The highest BCUT2D eigenvalue weighted by Crippen LogP contribution is 2.27. The van der Waals surface area contributed by atoms with Crippen molar-refractivity contribution in [3.05, 3.63) is 28.2 Å². The monoisotopic (exact) mass is 262 g/mol. The van der Waals surface area contributed by atoms with Crippen molar-refractivity contribution >= 4 is 29.1 Å². The zero-order chi connectivity index (χ0) is 12.0. The third-order valence-electron chi connectivity index (χ3n) is 1.76. The van der Waals surface area contributed by atoms with Gasteiger partial charge in [-0.3, -0.25) is 4.79 Å². The van der Waals surface area contributed by atoms with Crippen molar-refractivity contribution in [1.82, 2.24) is 5.32 Å². The van der Waals surface area contributed by atoms with E-state index in [-0.39, 0.29) is 12.5 Å². The van der Waals surface area contributed by atoms with E-state index in [2.05, 4.69) is 5.32 Å². The van der Waals surface area contributed by atoms with E-state index in [9.17, 15) is 4.79 Å². The first-order valence-corrected chi connectivity index (χ1v) is 5.43. The summed E-state index contributed by atoms with van der Waals surface area (Å²) in [6, 6.07) is 4.95. The summed E-state index contributed by atoms with van der Waals surface area (Å²) in [6.45, 7) is 0.684. The van der Waals surface area contributed by atoms with Gasteiger partial charge in [-0.2, -0.15) is 0 Å². The van der Waals surface area contributed by atoms with Gasteiger partial charge in [0.2, 0.25) is 5.91 Å². The lowest BCUT2D eigenvalue weighted by Crippen LogP contribution is -2.33. The molecule has 16 heavy (non-hydrogen) atoms. The Morgan fingerprint density at radius 1 is 1.44 bits per heavy atom. The van der Waals surface area contributed by atoms with E-state index in [1.54, 1.807) is 18.2 Å². The second-order valence-electron chi connectivity index (χ2n) is 2.98. The molecule has 4 nitrogen and oxygen atoms in total. The molecule has 0 spiro atoms. The largest absolute Gasteiger partial charge is 0.490 e. The van der Waals surface area contributed by atoms with Gasteiger partial charge in [-0.25, -0.2) is 0 Å². The van der Waals surface area contributed by atoms with Gasteiger partial charge in [-0.1, -0.05) is 23.2 Å². The van der Waals surface area contributed by atoms with Gasteiger partial charge in [0.15, 0.2) is 0 Å². The molecule has 6 heteroatoms. The van der Waals surface area contributed by atoms with E-state index >= 15 is 0 Å². The number of benzene rings is 1. The summed E-state index contributed by atoms with van der Waals surface area (Å²) < 4.78 is 5.34. The van der Waals surface area contributed by atoms with E-state index in [0.717, 1.165) is 0 Å². The minimum atomic E-state index is -0.217. The van der Waals surface area contributed by atoms with Gasteiger partial charge in [0.05, 0.1) is 18.1 Å². The minimum Gasteiger partial charge on any atom is -0.490 e. The Labute approximate surface area is 104 Å². The maximum absolute atomic E-state index is 10.8. The first-order valence-electron chi connectivity index (χ1n) is 4.68. The summed E-state index contributed by atoms with van der Waals surface area (Å²) in [5.41, 5.74) is 5.12. The van der Waals surface area contributed by atoms with Crippen LogP contribution in [0.3, 0.4) is 0 Å². The second-order valence-corrected chi connectivity index (χ2v) is 3.82. The molecule has 0 saturated carbocycles. The average Bonchev–Trinajstić information content (AvgIpc) is 2.26. The molecular formula is C10H12Cl2N2O2. The Morgan fingerprint density at radius 2 is 2.19 bits per heavy atom. The van der Waals surface area contributed by atoms with Crippen LogP contribution in [0.25, 0.3) is 0 Å². The Hall–Kier alpha value is -0.970. The number of hydrogen-bond acceptors (Lipinski definition) is 3. The number of hydrogen-bond donors (Lipinski definition) is 2. The molecule has 1 rings (SSSR count). The molecule has 0 fully saturated rings. The maximum atomic E-state index is 10.8. The number of ether oxygens (including phenoxy) is 1. The normalized spacial score (nSPS) is 9.94. The summed E-state index contributed by atoms with van der Waals surface area (Å²) in [5.74, 6) is 0.318. The lowest BCUT2D eigenvalue weighted by molar-refractivity contribution is -0.119. The van der Waals surface area contributed by atoms with Gasteiger partial charge in [0.25, 0.3) is 0 Å². The number of halogens is 2. The van der Waals surface area contributed by atoms with Crippen LogP contribution < -0.4 is 15.8 Å². The van der Waals surface area contributed by atoms with Gasteiger partial charge in [-0.15, -0.1) is 0 Å². The van der Waals surface area contributed by atoms with E-state index in [1.807, 2.05) is 0 Å². The SMILES string of the molecule is NCC(=O)NCCOc1ccc(Cl)cc1Cl. The van der Waals surface area contributed by atoms with Crippen LogP contribution in [-0.4, -0.2) is 25.6 Å². The van der Waals surface area contributed by atoms with Crippen LogP contribution in [0.4, 0.5) is 0 Å². The molecule has 1 amide bonds. The molecule has 0 heterocycles. The first kappa shape index (κ1) is 13.1. The fraction of sp³-hybridized carbons (Fsp3) is 0.300. The fourth-order valence-electron chi connectivity index (χ4n) is 1.02. The highest BCUT2D eigenvalue weighted by molar-refractivity contribution is 6.35. The fourth-order valence-corrected chi connectivity index (χ4v) is 1.48. The van der Waals surface area contributed by atoms with Crippen molar-refractivity contribution in [3.63, 3.8) is 0 Å². The molecule has 0 bridgehead atoms. The van der Waals surface area contributed by atoms with Crippen LogP contribution in [0.15, 0.2) is 18.2 Å². The lowest BCUT2D eigenvalue weighted by Gasteiger charge is -2.08. The number of carbonyl (C=O) groups is 1.